The van der Waals surface area contributed by atoms with Gasteiger partial charge in [0.25, 0.3) is 0 Å². The Morgan fingerprint density at radius 3 is 2.27 bits per heavy atom. The van der Waals surface area contributed by atoms with Gasteiger partial charge >= 0.3 is 0 Å². The number of hydrogen-bond acceptors (Lipinski definition) is 2. The highest BCUT2D eigenvalue weighted by Gasteiger charge is 1.87. The fourth-order valence-corrected chi connectivity index (χ4v) is 0.534. The molecule has 68 valence electrons. The van der Waals surface area contributed by atoms with Crippen molar-refractivity contribution in [3.05, 3.63) is 0 Å². The van der Waals surface area contributed by atoms with Crippen LogP contribution in [0.15, 0.2) is 0 Å². The molecule has 0 heterocycles. The Labute approximate surface area is 69.4 Å². The number of carbonyl (C=O) groups is 1. The summed E-state index contributed by atoms with van der Waals surface area (Å²) in [5.41, 5.74) is 5.23. The maximum Gasteiger partial charge on any atom is 0.216 e. The zero-order valence-electron chi connectivity index (χ0n) is 7.81. The van der Waals surface area contributed by atoms with Gasteiger partial charge in [0.15, 0.2) is 0 Å². The van der Waals surface area contributed by atoms with Crippen LogP contribution >= 0.6 is 0 Å². The van der Waals surface area contributed by atoms with Crippen molar-refractivity contribution < 1.29 is 4.79 Å². The van der Waals surface area contributed by atoms with Crippen molar-refractivity contribution in [2.45, 2.75) is 33.6 Å². The molecule has 0 radical (unpaired) electrons. The van der Waals surface area contributed by atoms with Crippen molar-refractivity contribution in [1.29, 1.82) is 0 Å². The molecule has 0 aliphatic carbocycles. The number of unbranched alkanes of at least 4 members (excludes halogenated alkanes) is 1. The number of amides is 1. The molecule has 0 rings (SSSR count). The van der Waals surface area contributed by atoms with Gasteiger partial charge in [-0.3, -0.25) is 4.79 Å². The first-order chi connectivity index (χ1) is 5.27. The molecule has 3 nitrogen and oxygen atoms in total. The van der Waals surface area contributed by atoms with Crippen molar-refractivity contribution in [2.75, 3.05) is 13.1 Å². The minimum atomic E-state index is 0.0343. The molecule has 0 aromatic carbocycles. The van der Waals surface area contributed by atoms with Crippen LogP contribution in [0.4, 0.5) is 0 Å². The lowest BCUT2D eigenvalue weighted by Gasteiger charge is -1.98. The summed E-state index contributed by atoms with van der Waals surface area (Å²) in [4.78, 5) is 10.3. The van der Waals surface area contributed by atoms with Gasteiger partial charge in [-0.2, -0.15) is 0 Å². The Bertz CT molecular complexity index is 84.2. The summed E-state index contributed by atoms with van der Waals surface area (Å²) in [6, 6.07) is 0. The summed E-state index contributed by atoms with van der Waals surface area (Å²) in [5, 5.41) is 2.69. The predicted octanol–water partition coefficient (Wildman–Crippen LogP) is 0.888. The lowest BCUT2D eigenvalue weighted by atomic mass is 10.3. The summed E-state index contributed by atoms with van der Waals surface area (Å²) in [6.07, 6.45) is 1.97. The molecule has 0 spiro atoms. The van der Waals surface area contributed by atoms with E-state index in [1.807, 2.05) is 13.8 Å². The summed E-state index contributed by atoms with van der Waals surface area (Å²) in [6.45, 7) is 6.98. The van der Waals surface area contributed by atoms with Gasteiger partial charge in [0, 0.05) is 13.5 Å². The average Bonchev–Trinajstić information content (AvgIpc) is 2.02. The molecule has 0 saturated carbocycles. The van der Waals surface area contributed by atoms with Crippen molar-refractivity contribution in [3.8, 4) is 0 Å². The van der Waals surface area contributed by atoms with Crippen LogP contribution in [-0.2, 0) is 4.79 Å². The van der Waals surface area contributed by atoms with Crippen LogP contribution in [0, 0.1) is 0 Å². The van der Waals surface area contributed by atoms with Gasteiger partial charge in [-0.05, 0) is 19.4 Å². The lowest BCUT2D eigenvalue weighted by molar-refractivity contribution is -0.118. The smallest absolute Gasteiger partial charge is 0.216 e. The quantitative estimate of drug-likeness (QED) is 0.600. The molecule has 0 fully saturated rings. The largest absolute Gasteiger partial charge is 0.356 e. The maximum atomic E-state index is 10.3. The molecule has 3 heteroatoms. The van der Waals surface area contributed by atoms with Crippen LogP contribution in [0.3, 0.4) is 0 Å². The first-order valence-electron chi connectivity index (χ1n) is 4.22. The molecule has 1 amide bonds. The molecule has 0 aliphatic rings. The topological polar surface area (TPSA) is 55.1 Å². The molecule has 0 atom stereocenters. The van der Waals surface area contributed by atoms with E-state index in [2.05, 4.69) is 5.32 Å². The summed E-state index contributed by atoms with van der Waals surface area (Å²) < 4.78 is 0. The molecule has 0 aromatic rings. The zero-order chi connectivity index (χ0) is 9.11. The van der Waals surface area contributed by atoms with E-state index < -0.39 is 0 Å². The van der Waals surface area contributed by atoms with E-state index in [1.54, 1.807) is 0 Å². The fraction of sp³-hybridized carbons (Fsp3) is 0.875. The summed E-state index contributed by atoms with van der Waals surface area (Å²) in [7, 11) is 0. The van der Waals surface area contributed by atoms with E-state index in [0.717, 1.165) is 19.4 Å². The normalized spacial score (nSPS) is 8.00. The highest BCUT2D eigenvalue weighted by atomic mass is 16.1. The Morgan fingerprint density at radius 1 is 1.36 bits per heavy atom. The van der Waals surface area contributed by atoms with Gasteiger partial charge < -0.3 is 11.1 Å². The SMILES string of the molecule is CC.CC(=O)NCCCCN. The van der Waals surface area contributed by atoms with E-state index in [4.69, 9.17) is 5.73 Å². The Morgan fingerprint density at radius 2 is 1.91 bits per heavy atom. The highest BCUT2D eigenvalue weighted by Crippen LogP contribution is 1.81. The third kappa shape index (κ3) is 17.7. The van der Waals surface area contributed by atoms with Crippen LogP contribution in [0.1, 0.15) is 33.6 Å². The molecule has 0 aromatic heterocycles. The van der Waals surface area contributed by atoms with Crippen LogP contribution in [0.25, 0.3) is 0 Å². The Balaban J connectivity index is 0. The second-order valence-corrected chi connectivity index (χ2v) is 1.98. The van der Waals surface area contributed by atoms with Crippen molar-refractivity contribution >= 4 is 5.91 Å². The lowest BCUT2D eigenvalue weighted by Crippen LogP contribution is -2.21. The molecular formula is C8H20N2O. The van der Waals surface area contributed by atoms with Crippen LogP contribution in [0.5, 0.6) is 0 Å². The van der Waals surface area contributed by atoms with Crippen LogP contribution < -0.4 is 11.1 Å². The molecule has 3 N–H and O–H groups in total. The fourth-order valence-electron chi connectivity index (χ4n) is 0.534. The van der Waals surface area contributed by atoms with Gasteiger partial charge in [-0.1, -0.05) is 13.8 Å². The standard InChI is InChI=1S/C6H14N2O.C2H6/c1-6(9)8-5-3-2-4-7;1-2/h2-5,7H2,1H3,(H,8,9);1-2H3. The van der Waals surface area contributed by atoms with E-state index in [9.17, 15) is 4.79 Å². The van der Waals surface area contributed by atoms with Crippen LogP contribution in [-0.4, -0.2) is 19.0 Å². The Hall–Kier alpha value is -0.570. The predicted molar refractivity (Wildman–Crippen MR) is 48.3 cm³/mol. The van der Waals surface area contributed by atoms with Crippen LogP contribution in [0.2, 0.25) is 0 Å². The first kappa shape index (κ1) is 13.1. The third-order valence-corrected chi connectivity index (χ3v) is 1.00. The molecule has 0 unspecified atom stereocenters. The van der Waals surface area contributed by atoms with Gasteiger partial charge in [0.1, 0.15) is 0 Å². The van der Waals surface area contributed by atoms with Crippen molar-refractivity contribution in [2.24, 2.45) is 5.73 Å². The van der Waals surface area contributed by atoms with E-state index in [1.165, 1.54) is 6.92 Å². The van der Waals surface area contributed by atoms with E-state index in [0.29, 0.717) is 6.54 Å². The molecule has 0 saturated heterocycles. The zero-order valence-corrected chi connectivity index (χ0v) is 7.81. The minimum Gasteiger partial charge on any atom is -0.356 e. The molecule has 0 aliphatic heterocycles. The minimum absolute atomic E-state index is 0.0343. The molecule has 0 bridgehead atoms. The second kappa shape index (κ2) is 12.1. The Kier molecular flexibility index (Phi) is 14.4. The van der Waals surface area contributed by atoms with Gasteiger partial charge in [-0.25, -0.2) is 0 Å². The number of rotatable bonds is 4. The monoisotopic (exact) mass is 160 g/mol. The maximum absolute atomic E-state index is 10.3. The molecular weight excluding hydrogens is 140 g/mol. The summed E-state index contributed by atoms with van der Waals surface area (Å²) >= 11 is 0. The van der Waals surface area contributed by atoms with Gasteiger partial charge in [0.05, 0.1) is 0 Å². The van der Waals surface area contributed by atoms with Gasteiger partial charge in [-0.15, -0.1) is 0 Å². The van der Waals surface area contributed by atoms with E-state index >= 15 is 0 Å². The number of carbonyl (C=O) groups excluding carboxylic acids is 1. The highest BCUT2D eigenvalue weighted by molar-refractivity contribution is 5.72. The van der Waals surface area contributed by atoms with Crippen molar-refractivity contribution in [3.63, 3.8) is 0 Å². The average molecular weight is 160 g/mol. The summed E-state index contributed by atoms with van der Waals surface area (Å²) in [5.74, 6) is 0.0343. The van der Waals surface area contributed by atoms with Gasteiger partial charge in [0.2, 0.25) is 5.91 Å². The van der Waals surface area contributed by atoms with Crippen molar-refractivity contribution in [1.82, 2.24) is 5.32 Å². The van der Waals surface area contributed by atoms with E-state index in [-0.39, 0.29) is 5.91 Å². The number of hydrogen-bond donors (Lipinski definition) is 2. The number of nitrogens with two attached hydrogens (primary N) is 1. The molecule has 11 heavy (non-hydrogen) atoms. The first-order valence-corrected chi connectivity index (χ1v) is 4.22. The second-order valence-electron chi connectivity index (χ2n) is 1.98. The third-order valence-electron chi connectivity index (χ3n) is 1.00. The number of nitrogens with one attached hydrogen (secondary N) is 1.